The maximum Gasteiger partial charge on any atom is 0.393 e. The van der Waals surface area contributed by atoms with Crippen molar-refractivity contribution in [2.45, 2.75) is 50.7 Å². The Bertz CT molecular complexity index is 713. The van der Waals surface area contributed by atoms with E-state index in [2.05, 4.69) is 5.32 Å². The molecule has 1 aromatic carbocycles. The summed E-state index contributed by atoms with van der Waals surface area (Å²) < 4.78 is 39.3. The molecule has 1 aliphatic carbocycles. The van der Waals surface area contributed by atoms with Gasteiger partial charge in [-0.1, -0.05) is 25.0 Å². The summed E-state index contributed by atoms with van der Waals surface area (Å²) in [6.45, 7) is 0.707. The van der Waals surface area contributed by atoms with Crippen molar-refractivity contribution in [1.82, 2.24) is 5.32 Å². The number of hydrogen-bond acceptors (Lipinski definition) is 2. The van der Waals surface area contributed by atoms with Crippen LogP contribution in [0.1, 0.15) is 44.1 Å². The third-order valence-electron chi connectivity index (χ3n) is 5.22. The summed E-state index contributed by atoms with van der Waals surface area (Å²) in [5.41, 5.74) is 1.56. The lowest BCUT2D eigenvalue weighted by molar-refractivity contribution is -0.188. The van der Waals surface area contributed by atoms with Gasteiger partial charge in [0.05, 0.1) is 5.92 Å². The molecule has 4 nitrogen and oxygen atoms in total. The van der Waals surface area contributed by atoms with Crippen molar-refractivity contribution < 1.29 is 22.8 Å². The highest BCUT2D eigenvalue weighted by Crippen LogP contribution is 2.37. The predicted octanol–water partition coefficient (Wildman–Crippen LogP) is 4.06. The summed E-state index contributed by atoms with van der Waals surface area (Å²) in [5, 5.41) is 2.51. The molecule has 1 aliphatic heterocycles. The van der Waals surface area contributed by atoms with Gasteiger partial charge in [-0.25, -0.2) is 0 Å². The Kier molecular flexibility index (Phi) is 5.87. The summed E-state index contributed by atoms with van der Waals surface area (Å²) in [6.07, 6.45) is 1.59. The van der Waals surface area contributed by atoms with E-state index in [0.717, 1.165) is 17.7 Å². The van der Waals surface area contributed by atoms with Crippen LogP contribution in [0.2, 0.25) is 0 Å². The standard InChI is InChI=1S/C20H23F3N2O2/c21-20(22,23)16-4-1-2-5-17(16)24-18(26)12-9-14-7-10-15(11-8-14)25-13-3-6-19(25)27/h7-12,16-17H,1-6,13H2,(H,24,26). The smallest absolute Gasteiger partial charge is 0.349 e. The van der Waals surface area contributed by atoms with Crippen LogP contribution < -0.4 is 10.2 Å². The number of anilines is 1. The Morgan fingerprint density at radius 2 is 1.81 bits per heavy atom. The minimum atomic E-state index is -4.29. The Morgan fingerprint density at radius 1 is 1.11 bits per heavy atom. The lowest BCUT2D eigenvalue weighted by Gasteiger charge is -2.33. The van der Waals surface area contributed by atoms with Gasteiger partial charge in [0.1, 0.15) is 0 Å². The van der Waals surface area contributed by atoms with Gasteiger partial charge in [0.25, 0.3) is 0 Å². The lowest BCUT2D eigenvalue weighted by atomic mass is 9.84. The highest BCUT2D eigenvalue weighted by Gasteiger charge is 2.45. The van der Waals surface area contributed by atoms with Crippen molar-refractivity contribution in [3.05, 3.63) is 35.9 Å². The number of nitrogens with one attached hydrogen (secondary N) is 1. The molecule has 2 atom stereocenters. The Hall–Kier alpha value is -2.31. The Morgan fingerprint density at radius 3 is 2.44 bits per heavy atom. The molecular weight excluding hydrogens is 357 g/mol. The van der Waals surface area contributed by atoms with Gasteiger partial charge in [-0.15, -0.1) is 0 Å². The van der Waals surface area contributed by atoms with Crippen molar-refractivity contribution in [3.8, 4) is 0 Å². The molecule has 0 aromatic heterocycles. The monoisotopic (exact) mass is 380 g/mol. The van der Waals surface area contributed by atoms with Gasteiger partial charge in [-0.2, -0.15) is 13.2 Å². The zero-order valence-corrected chi connectivity index (χ0v) is 15.0. The topological polar surface area (TPSA) is 49.4 Å². The quantitative estimate of drug-likeness (QED) is 0.801. The highest BCUT2D eigenvalue weighted by molar-refractivity contribution is 5.95. The second-order valence-corrected chi connectivity index (χ2v) is 7.12. The largest absolute Gasteiger partial charge is 0.393 e. The molecule has 1 N–H and O–H groups in total. The minimum absolute atomic E-state index is 0.0643. The molecule has 1 heterocycles. The zero-order valence-electron chi connectivity index (χ0n) is 15.0. The molecule has 2 unspecified atom stereocenters. The molecule has 1 aromatic rings. The fraction of sp³-hybridized carbons (Fsp3) is 0.500. The summed E-state index contributed by atoms with van der Waals surface area (Å²) in [6, 6.07) is 6.32. The van der Waals surface area contributed by atoms with Gasteiger partial charge < -0.3 is 10.2 Å². The van der Waals surface area contributed by atoms with Crippen molar-refractivity contribution in [3.63, 3.8) is 0 Å². The van der Waals surface area contributed by atoms with Crippen LogP contribution in [-0.4, -0.2) is 30.6 Å². The number of halogens is 3. The molecule has 1 saturated heterocycles. The fourth-order valence-electron chi connectivity index (χ4n) is 3.78. The number of amides is 2. The van der Waals surface area contributed by atoms with Crippen LogP contribution in [0.4, 0.5) is 18.9 Å². The first-order chi connectivity index (χ1) is 12.8. The third-order valence-corrected chi connectivity index (χ3v) is 5.22. The molecule has 0 bridgehead atoms. The third kappa shape index (κ3) is 4.90. The van der Waals surface area contributed by atoms with Crippen LogP contribution in [0.25, 0.3) is 6.08 Å². The fourth-order valence-corrected chi connectivity index (χ4v) is 3.78. The van der Waals surface area contributed by atoms with E-state index >= 15 is 0 Å². The van der Waals surface area contributed by atoms with Crippen LogP contribution in [0.3, 0.4) is 0 Å². The van der Waals surface area contributed by atoms with Crippen LogP contribution in [-0.2, 0) is 9.59 Å². The van der Waals surface area contributed by atoms with E-state index in [1.165, 1.54) is 6.08 Å². The average Bonchev–Trinajstić information content (AvgIpc) is 3.06. The van der Waals surface area contributed by atoms with E-state index in [0.29, 0.717) is 32.2 Å². The normalized spacial score (nSPS) is 23.8. The first-order valence-corrected chi connectivity index (χ1v) is 9.30. The maximum absolute atomic E-state index is 13.1. The molecule has 0 spiro atoms. The van der Waals surface area contributed by atoms with Crippen molar-refractivity contribution in [1.29, 1.82) is 0 Å². The molecule has 0 radical (unpaired) electrons. The highest BCUT2D eigenvalue weighted by atomic mass is 19.4. The molecule has 7 heteroatoms. The van der Waals surface area contributed by atoms with E-state index in [4.69, 9.17) is 0 Å². The lowest BCUT2D eigenvalue weighted by Crippen LogP contribution is -2.47. The number of alkyl halides is 3. The van der Waals surface area contributed by atoms with Crippen molar-refractivity contribution in [2.24, 2.45) is 5.92 Å². The van der Waals surface area contributed by atoms with Crippen LogP contribution in [0, 0.1) is 5.92 Å². The summed E-state index contributed by atoms with van der Waals surface area (Å²) in [4.78, 5) is 25.5. The zero-order chi connectivity index (χ0) is 19.4. The van der Waals surface area contributed by atoms with Gasteiger partial charge in [0.2, 0.25) is 11.8 Å². The second kappa shape index (κ2) is 8.15. The van der Waals surface area contributed by atoms with E-state index in [1.807, 2.05) is 12.1 Å². The molecule has 27 heavy (non-hydrogen) atoms. The van der Waals surface area contributed by atoms with Gasteiger partial charge in [-0.05, 0) is 43.0 Å². The first kappa shape index (κ1) is 19.5. The Labute approximate surface area is 156 Å². The molecule has 1 saturated carbocycles. The van der Waals surface area contributed by atoms with E-state index < -0.39 is 24.0 Å². The van der Waals surface area contributed by atoms with Crippen molar-refractivity contribution in [2.75, 3.05) is 11.4 Å². The van der Waals surface area contributed by atoms with Gasteiger partial charge in [0, 0.05) is 30.8 Å². The van der Waals surface area contributed by atoms with Crippen LogP contribution in [0.5, 0.6) is 0 Å². The predicted molar refractivity (Wildman–Crippen MR) is 97.0 cm³/mol. The van der Waals surface area contributed by atoms with Gasteiger partial charge in [-0.3, -0.25) is 9.59 Å². The van der Waals surface area contributed by atoms with Gasteiger partial charge >= 0.3 is 6.18 Å². The first-order valence-electron chi connectivity index (χ1n) is 9.30. The number of benzene rings is 1. The molecule has 2 aliphatic rings. The number of carbonyl (C=O) groups excluding carboxylic acids is 2. The molecule has 3 rings (SSSR count). The summed E-state index contributed by atoms with van der Waals surface area (Å²) in [5.74, 6) is -1.89. The average molecular weight is 380 g/mol. The number of rotatable bonds is 4. The molecular formula is C20H23F3N2O2. The number of hydrogen-bond donors (Lipinski definition) is 1. The van der Waals surface area contributed by atoms with E-state index in [9.17, 15) is 22.8 Å². The number of nitrogens with zero attached hydrogens (tertiary/aromatic N) is 1. The van der Waals surface area contributed by atoms with Crippen LogP contribution >= 0.6 is 0 Å². The van der Waals surface area contributed by atoms with Crippen molar-refractivity contribution >= 4 is 23.6 Å². The molecule has 2 amide bonds. The maximum atomic E-state index is 13.1. The van der Waals surface area contributed by atoms with E-state index in [1.54, 1.807) is 23.1 Å². The van der Waals surface area contributed by atoms with Gasteiger partial charge in [0.15, 0.2) is 0 Å². The number of carbonyl (C=O) groups is 2. The minimum Gasteiger partial charge on any atom is -0.349 e. The molecule has 2 fully saturated rings. The summed E-state index contributed by atoms with van der Waals surface area (Å²) >= 11 is 0. The second-order valence-electron chi connectivity index (χ2n) is 7.12. The molecule has 146 valence electrons. The summed E-state index contributed by atoms with van der Waals surface area (Å²) in [7, 11) is 0. The van der Waals surface area contributed by atoms with Crippen LogP contribution in [0.15, 0.2) is 30.3 Å². The SMILES string of the molecule is O=C(C=Cc1ccc(N2CCCC2=O)cc1)NC1CCCCC1C(F)(F)F. The Balaban J connectivity index is 1.58. The van der Waals surface area contributed by atoms with E-state index in [-0.39, 0.29) is 12.3 Å².